The Morgan fingerprint density at radius 1 is 1.30 bits per heavy atom. The molecule has 0 radical (unpaired) electrons. The van der Waals surface area contributed by atoms with E-state index in [-0.39, 0.29) is 22.7 Å². The standard InChI is InChI=1S/C15H19ClN2O2/c16-13-6-9(2-4-14(13)19)15(20)18-7-10-1-3-12(17)5-11(10)8-18/h2,4,6,10-12,19H,1,3,5,7-8,17H2/t10-,11+,12?/m1/s1. The van der Waals surface area contributed by atoms with Gasteiger partial charge >= 0.3 is 0 Å². The predicted octanol–water partition coefficient (Wildman–Crippen LogP) is 2.25. The Morgan fingerprint density at radius 3 is 2.80 bits per heavy atom. The molecule has 1 aromatic rings. The van der Waals surface area contributed by atoms with Crippen molar-refractivity contribution >= 4 is 17.5 Å². The molecule has 0 aromatic heterocycles. The largest absolute Gasteiger partial charge is 0.506 e. The molecule has 3 atom stereocenters. The maximum absolute atomic E-state index is 12.5. The van der Waals surface area contributed by atoms with E-state index in [1.54, 1.807) is 6.07 Å². The topological polar surface area (TPSA) is 66.6 Å². The summed E-state index contributed by atoms with van der Waals surface area (Å²) in [4.78, 5) is 14.4. The summed E-state index contributed by atoms with van der Waals surface area (Å²) in [6.07, 6.45) is 3.20. The van der Waals surface area contributed by atoms with Gasteiger partial charge in [-0.2, -0.15) is 0 Å². The molecule has 0 spiro atoms. The molecule has 3 rings (SSSR count). The van der Waals surface area contributed by atoms with Gasteiger partial charge in [-0.3, -0.25) is 4.79 Å². The fourth-order valence-corrected chi connectivity index (χ4v) is 3.64. The molecular formula is C15H19ClN2O2. The number of benzene rings is 1. The molecule has 2 aliphatic rings. The number of hydrogen-bond donors (Lipinski definition) is 2. The van der Waals surface area contributed by atoms with E-state index >= 15 is 0 Å². The maximum atomic E-state index is 12.5. The van der Waals surface area contributed by atoms with Crippen molar-refractivity contribution in [2.24, 2.45) is 17.6 Å². The summed E-state index contributed by atoms with van der Waals surface area (Å²) in [5, 5.41) is 9.63. The third-order valence-electron chi connectivity index (χ3n) is 4.57. The van der Waals surface area contributed by atoms with Crippen LogP contribution in [-0.2, 0) is 0 Å². The van der Waals surface area contributed by atoms with Crippen LogP contribution in [0.15, 0.2) is 18.2 Å². The first kappa shape index (κ1) is 13.7. The van der Waals surface area contributed by atoms with Crippen LogP contribution in [0.2, 0.25) is 5.02 Å². The Bertz CT molecular complexity index is 535. The van der Waals surface area contributed by atoms with Gasteiger partial charge in [-0.1, -0.05) is 11.6 Å². The lowest BCUT2D eigenvalue weighted by atomic mass is 9.79. The molecule has 1 aliphatic heterocycles. The minimum atomic E-state index is -0.00475. The van der Waals surface area contributed by atoms with Crippen molar-refractivity contribution < 1.29 is 9.90 Å². The molecule has 1 aliphatic carbocycles. The van der Waals surface area contributed by atoms with E-state index in [9.17, 15) is 9.90 Å². The average Bonchev–Trinajstić information content (AvgIpc) is 2.84. The number of rotatable bonds is 1. The van der Waals surface area contributed by atoms with E-state index < -0.39 is 0 Å². The van der Waals surface area contributed by atoms with Crippen molar-refractivity contribution in [3.63, 3.8) is 0 Å². The molecule has 1 heterocycles. The van der Waals surface area contributed by atoms with Crippen LogP contribution in [0.5, 0.6) is 5.75 Å². The minimum absolute atomic E-state index is 0.00396. The average molecular weight is 295 g/mol. The molecule has 2 fully saturated rings. The van der Waals surface area contributed by atoms with Gasteiger partial charge in [0.15, 0.2) is 0 Å². The molecule has 3 N–H and O–H groups in total. The van der Waals surface area contributed by atoms with Crippen molar-refractivity contribution in [1.29, 1.82) is 0 Å². The molecule has 0 bridgehead atoms. The second kappa shape index (κ2) is 5.26. The molecule has 1 saturated carbocycles. The number of fused-ring (bicyclic) bond motifs is 1. The number of phenolic OH excluding ortho intramolecular Hbond substituents is 1. The number of hydrogen-bond acceptors (Lipinski definition) is 3. The van der Waals surface area contributed by atoms with Crippen LogP contribution in [-0.4, -0.2) is 35.0 Å². The van der Waals surface area contributed by atoms with Crippen LogP contribution >= 0.6 is 11.6 Å². The number of nitrogens with zero attached hydrogens (tertiary/aromatic N) is 1. The number of halogens is 1. The molecule has 1 unspecified atom stereocenters. The summed E-state index contributed by atoms with van der Waals surface area (Å²) in [6, 6.07) is 4.91. The van der Waals surface area contributed by atoms with Gasteiger partial charge in [0.1, 0.15) is 5.75 Å². The molecular weight excluding hydrogens is 276 g/mol. The van der Waals surface area contributed by atoms with E-state index in [0.29, 0.717) is 17.4 Å². The highest BCUT2D eigenvalue weighted by molar-refractivity contribution is 6.32. The van der Waals surface area contributed by atoms with Gasteiger partial charge < -0.3 is 15.7 Å². The van der Waals surface area contributed by atoms with Gasteiger partial charge in [-0.15, -0.1) is 0 Å². The summed E-state index contributed by atoms with van der Waals surface area (Å²) >= 11 is 5.87. The number of carbonyl (C=O) groups is 1. The van der Waals surface area contributed by atoms with Gasteiger partial charge in [0.25, 0.3) is 5.91 Å². The van der Waals surface area contributed by atoms with Gasteiger partial charge in [-0.05, 0) is 49.3 Å². The smallest absolute Gasteiger partial charge is 0.253 e. The number of amides is 1. The fourth-order valence-electron chi connectivity index (χ4n) is 3.46. The molecule has 5 heteroatoms. The summed E-state index contributed by atoms with van der Waals surface area (Å²) in [6.45, 7) is 1.60. The Hall–Kier alpha value is -1.26. The second-order valence-electron chi connectivity index (χ2n) is 5.97. The van der Waals surface area contributed by atoms with Gasteiger partial charge in [0.2, 0.25) is 0 Å². The van der Waals surface area contributed by atoms with Crippen molar-refractivity contribution in [3.05, 3.63) is 28.8 Å². The van der Waals surface area contributed by atoms with Crippen molar-refractivity contribution in [2.75, 3.05) is 13.1 Å². The number of carbonyl (C=O) groups excluding carboxylic acids is 1. The summed E-state index contributed by atoms with van der Waals surface area (Å²) in [5.74, 6) is 1.13. The van der Waals surface area contributed by atoms with Gasteiger partial charge in [0.05, 0.1) is 5.02 Å². The number of nitrogens with two attached hydrogens (primary N) is 1. The number of aromatic hydroxyl groups is 1. The minimum Gasteiger partial charge on any atom is -0.506 e. The van der Waals surface area contributed by atoms with E-state index in [0.717, 1.165) is 32.4 Å². The zero-order valence-electron chi connectivity index (χ0n) is 11.3. The number of likely N-dealkylation sites (tertiary alicyclic amines) is 1. The Kier molecular flexibility index (Phi) is 3.61. The van der Waals surface area contributed by atoms with Crippen LogP contribution < -0.4 is 5.73 Å². The van der Waals surface area contributed by atoms with E-state index in [4.69, 9.17) is 17.3 Å². The summed E-state index contributed by atoms with van der Waals surface area (Å²) in [7, 11) is 0. The lowest BCUT2D eigenvalue weighted by molar-refractivity contribution is 0.0784. The first-order valence-corrected chi connectivity index (χ1v) is 7.45. The third-order valence-corrected chi connectivity index (χ3v) is 4.87. The lowest BCUT2D eigenvalue weighted by Gasteiger charge is -2.27. The summed E-state index contributed by atoms with van der Waals surface area (Å²) < 4.78 is 0. The van der Waals surface area contributed by atoms with E-state index in [2.05, 4.69) is 0 Å². The quantitative estimate of drug-likeness (QED) is 0.835. The van der Waals surface area contributed by atoms with Crippen LogP contribution in [0, 0.1) is 11.8 Å². The Balaban J connectivity index is 1.73. The Morgan fingerprint density at radius 2 is 2.05 bits per heavy atom. The van der Waals surface area contributed by atoms with Crippen molar-refractivity contribution in [1.82, 2.24) is 4.90 Å². The highest BCUT2D eigenvalue weighted by Crippen LogP contribution is 2.36. The normalized spacial score (nSPS) is 29.3. The SMILES string of the molecule is NC1CC[C@@H]2CN(C(=O)c3ccc(O)c(Cl)c3)C[C@@H]2C1. The first-order valence-electron chi connectivity index (χ1n) is 7.08. The van der Waals surface area contributed by atoms with Crippen molar-refractivity contribution in [3.8, 4) is 5.75 Å². The van der Waals surface area contributed by atoms with Gasteiger partial charge in [0, 0.05) is 24.7 Å². The zero-order chi connectivity index (χ0) is 14.3. The fraction of sp³-hybridized carbons (Fsp3) is 0.533. The number of phenols is 1. The van der Waals surface area contributed by atoms with Crippen molar-refractivity contribution in [2.45, 2.75) is 25.3 Å². The predicted molar refractivity (Wildman–Crippen MR) is 77.8 cm³/mol. The maximum Gasteiger partial charge on any atom is 0.253 e. The Labute approximate surface area is 123 Å². The summed E-state index contributed by atoms with van der Waals surface area (Å²) in [5.41, 5.74) is 6.55. The molecule has 20 heavy (non-hydrogen) atoms. The molecule has 108 valence electrons. The van der Waals surface area contributed by atoms with Crippen LogP contribution in [0.1, 0.15) is 29.6 Å². The first-order chi connectivity index (χ1) is 9.54. The van der Waals surface area contributed by atoms with E-state index in [1.165, 1.54) is 12.1 Å². The van der Waals surface area contributed by atoms with Gasteiger partial charge in [-0.25, -0.2) is 0 Å². The van der Waals surface area contributed by atoms with E-state index in [1.807, 2.05) is 4.90 Å². The monoisotopic (exact) mass is 294 g/mol. The molecule has 1 aromatic carbocycles. The third kappa shape index (κ3) is 2.50. The highest BCUT2D eigenvalue weighted by Gasteiger charge is 2.38. The molecule has 1 saturated heterocycles. The van der Waals surface area contributed by atoms with Crippen LogP contribution in [0.3, 0.4) is 0 Å². The highest BCUT2D eigenvalue weighted by atomic mass is 35.5. The molecule has 4 nitrogen and oxygen atoms in total. The second-order valence-corrected chi connectivity index (χ2v) is 6.38. The molecule has 1 amide bonds. The van der Waals surface area contributed by atoms with Crippen LogP contribution in [0.4, 0.5) is 0 Å². The zero-order valence-corrected chi connectivity index (χ0v) is 12.0. The van der Waals surface area contributed by atoms with Crippen LogP contribution in [0.25, 0.3) is 0 Å². The lowest BCUT2D eigenvalue weighted by Crippen LogP contribution is -2.32.